The Morgan fingerprint density at radius 2 is 2.12 bits per heavy atom. The van der Waals surface area contributed by atoms with Crippen LogP contribution in [0.2, 0.25) is 0 Å². The van der Waals surface area contributed by atoms with E-state index in [4.69, 9.17) is 4.42 Å². The largest absolute Gasteiger partial charge is 0.467 e. The van der Waals surface area contributed by atoms with E-state index in [1.165, 1.54) is 10.6 Å². The standard InChI is InChI=1S/C13H13NOS/c1-2-6-13-12(5-1)14(7-9-16-13)10-11-4-3-8-15-11/h1-6,8H,7,9-10H2. The molecule has 2 heterocycles. The highest BCUT2D eigenvalue weighted by molar-refractivity contribution is 7.99. The Balaban J connectivity index is 1.87. The minimum Gasteiger partial charge on any atom is -0.467 e. The smallest absolute Gasteiger partial charge is 0.123 e. The number of fused-ring (bicyclic) bond motifs is 1. The predicted molar refractivity (Wildman–Crippen MR) is 66.9 cm³/mol. The zero-order valence-electron chi connectivity index (χ0n) is 8.93. The molecule has 0 unspecified atom stereocenters. The first-order valence-electron chi connectivity index (χ1n) is 5.42. The van der Waals surface area contributed by atoms with Crippen LogP contribution in [0, 0.1) is 0 Å². The fourth-order valence-corrected chi connectivity index (χ4v) is 3.03. The number of thioether (sulfide) groups is 1. The van der Waals surface area contributed by atoms with Gasteiger partial charge in [-0.25, -0.2) is 0 Å². The van der Waals surface area contributed by atoms with Gasteiger partial charge in [-0.15, -0.1) is 11.8 Å². The maximum absolute atomic E-state index is 5.40. The molecule has 0 saturated carbocycles. The van der Waals surface area contributed by atoms with E-state index in [-0.39, 0.29) is 0 Å². The molecule has 0 amide bonds. The van der Waals surface area contributed by atoms with Crippen LogP contribution in [0.3, 0.4) is 0 Å². The highest BCUT2D eigenvalue weighted by Crippen LogP contribution is 2.34. The SMILES string of the molecule is c1coc(CN2CCSc3ccccc32)c1. The molecule has 0 saturated heterocycles. The van der Waals surface area contributed by atoms with Crippen LogP contribution < -0.4 is 4.90 Å². The van der Waals surface area contributed by atoms with E-state index in [0.29, 0.717) is 0 Å². The van der Waals surface area contributed by atoms with Crippen molar-refractivity contribution in [2.24, 2.45) is 0 Å². The van der Waals surface area contributed by atoms with E-state index < -0.39 is 0 Å². The van der Waals surface area contributed by atoms with Crippen LogP contribution in [-0.4, -0.2) is 12.3 Å². The summed E-state index contributed by atoms with van der Waals surface area (Å²) in [5, 5.41) is 0. The Kier molecular flexibility index (Phi) is 2.62. The van der Waals surface area contributed by atoms with Crippen molar-refractivity contribution in [2.75, 3.05) is 17.2 Å². The fraction of sp³-hybridized carbons (Fsp3) is 0.231. The van der Waals surface area contributed by atoms with E-state index in [9.17, 15) is 0 Å². The van der Waals surface area contributed by atoms with Crippen molar-refractivity contribution in [3.63, 3.8) is 0 Å². The number of para-hydroxylation sites is 1. The number of anilines is 1. The number of nitrogens with zero attached hydrogens (tertiary/aromatic N) is 1. The Bertz CT molecular complexity index is 467. The van der Waals surface area contributed by atoms with Crippen molar-refractivity contribution < 1.29 is 4.42 Å². The van der Waals surface area contributed by atoms with E-state index in [1.807, 2.05) is 23.9 Å². The lowest BCUT2D eigenvalue weighted by Gasteiger charge is -2.29. The second-order valence-corrected chi connectivity index (χ2v) is 4.95. The van der Waals surface area contributed by atoms with Gasteiger partial charge in [0.25, 0.3) is 0 Å². The summed E-state index contributed by atoms with van der Waals surface area (Å²) in [5.74, 6) is 2.18. The maximum atomic E-state index is 5.40. The molecule has 0 aliphatic carbocycles. The molecule has 16 heavy (non-hydrogen) atoms. The van der Waals surface area contributed by atoms with Crippen molar-refractivity contribution in [3.05, 3.63) is 48.4 Å². The minimum absolute atomic E-state index is 0.866. The number of benzene rings is 1. The molecule has 0 N–H and O–H groups in total. The molecule has 1 aliphatic rings. The van der Waals surface area contributed by atoms with Crippen molar-refractivity contribution in [1.29, 1.82) is 0 Å². The van der Waals surface area contributed by atoms with Gasteiger partial charge in [-0.05, 0) is 24.3 Å². The Morgan fingerprint density at radius 3 is 3.00 bits per heavy atom. The molecule has 1 aliphatic heterocycles. The van der Waals surface area contributed by atoms with Gasteiger partial charge in [0.15, 0.2) is 0 Å². The number of furan rings is 1. The molecule has 2 nitrogen and oxygen atoms in total. The van der Waals surface area contributed by atoms with Gasteiger partial charge in [-0.1, -0.05) is 12.1 Å². The van der Waals surface area contributed by atoms with Crippen molar-refractivity contribution in [1.82, 2.24) is 0 Å². The first kappa shape index (κ1) is 9.85. The molecule has 1 aromatic carbocycles. The van der Waals surface area contributed by atoms with Crippen LogP contribution >= 0.6 is 11.8 Å². The molecule has 82 valence electrons. The first-order chi connectivity index (χ1) is 7.93. The zero-order valence-corrected chi connectivity index (χ0v) is 9.74. The second-order valence-electron chi connectivity index (χ2n) is 3.82. The van der Waals surface area contributed by atoms with Crippen LogP contribution in [0.15, 0.2) is 52.0 Å². The molecule has 0 atom stereocenters. The van der Waals surface area contributed by atoms with Crippen LogP contribution in [0.1, 0.15) is 5.76 Å². The van der Waals surface area contributed by atoms with Crippen molar-refractivity contribution in [2.45, 2.75) is 11.4 Å². The lowest BCUT2D eigenvalue weighted by Crippen LogP contribution is -2.28. The molecular formula is C13H13NOS. The summed E-state index contributed by atoms with van der Waals surface area (Å²) in [7, 11) is 0. The number of hydrogen-bond donors (Lipinski definition) is 0. The molecule has 0 spiro atoms. The summed E-state index contributed by atoms with van der Waals surface area (Å²) in [6.45, 7) is 1.95. The Hall–Kier alpha value is -1.35. The third kappa shape index (κ3) is 1.83. The number of hydrogen-bond acceptors (Lipinski definition) is 3. The van der Waals surface area contributed by atoms with Crippen LogP contribution in [0.5, 0.6) is 0 Å². The van der Waals surface area contributed by atoms with Gasteiger partial charge in [0.05, 0.1) is 18.5 Å². The van der Waals surface area contributed by atoms with Crippen LogP contribution in [-0.2, 0) is 6.54 Å². The molecule has 0 bridgehead atoms. The van der Waals surface area contributed by atoms with Gasteiger partial charge >= 0.3 is 0 Å². The molecule has 0 radical (unpaired) electrons. The molecule has 3 rings (SSSR count). The molecular weight excluding hydrogens is 218 g/mol. The summed E-state index contributed by atoms with van der Waals surface area (Å²) >= 11 is 1.93. The topological polar surface area (TPSA) is 16.4 Å². The second kappa shape index (κ2) is 4.26. The maximum Gasteiger partial charge on any atom is 0.123 e. The molecule has 3 heteroatoms. The summed E-state index contributed by atoms with van der Waals surface area (Å²) in [5.41, 5.74) is 1.33. The van der Waals surface area contributed by atoms with Gasteiger partial charge in [-0.2, -0.15) is 0 Å². The monoisotopic (exact) mass is 231 g/mol. The summed E-state index contributed by atoms with van der Waals surface area (Å²) in [4.78, 5) is 3.75. The van der Waals surface area contributed by atoms with E-state index in [2.05, 4.69) is 29.2 Å². The van der Waals surface area contributed by atoms with Crippen LogP contribution in [0.4, 0.5) is 5.69 Å². The Labute approximate surface area is 99.3 Å². The third-order valence-corrected chi connectivity index (χ3v) is 3.79. The van der Waals surface area contributed by atoms with Gasteiger partial charge in [0.1, 0.15) is 5.76 Å². The van der Waals surface area contributed by atoms with Gasteiger partial charge < -0.3 is 9.32 Å². The summed E-state index contributed by atoms with van der Waals surface area (Å²) in [6, 6.07) is 12.5. The summed E-state index contributed by atoms with van der Waals surface area (Å²) in [6.07, 6.45) is 1.74. The quantitative estimate of drug-likeness (QED) is 0.788. The number of rotatable bonds is 2. The first-order valence-corrected chi connectivity index (χ1v) is 6.41. The highest BCUT2D eigenvalue weighted by Gasteiger charge is 2.17. The molecule has 0 fully saturated rings. The average molecular weight is 231 g/mol. The zero-order chi connectivity index (χ0) is 10.8. The van der Waals surface area contributed by atoms with Crippen LogP contribution in [0.25, 0.3) is 0 Å². The lowest BCUT2D eigenvalue weighted by molar-refractivity contribution is 0.503. The third-order valence-electron chi connectivity index (χ3n) is 2.75. The minimum atomic E-state index is 0.866. The Morgan fingerprint density at radius 1 is 1.19 bits per heavy atom. The van der Waals surface area contributed by atoms with Gasteiger partial charge in [0, 0.05) is 17.2 Å². The predicted octanol–water partition coefficient (Wildman–Crippen LogP) is 3.39. The highest BCUT2D eigenvalue weighted by atomic mass is 32.2. The van der Waals surface area contributed by atoms with Gasteiger partial charge in [-0.3, -0.25) is 0 Å². The average Bonchev–Trinajstić information content (AvgIpc) is 2.82. The molecule has 2 aromatic rings. The van der Waals surface area contributed by atoms with Crippen molar-refractivity contribution >= 4 is 17.4 Å². The molecule has 1 aromatic heterocycles. The normalized spacial score (nSPS) is 14.9. The van der Waals surface area contributed by atoms with E-state index in [0.717, 1.165) is 24.6 Å². The lowest BCUT2D eigenvalue weighted by atomic mass is 10.2. The van der Waals surface area contributed by atoms with Gasteiger partial charge in [0.2, 0.25) is 0 Å². The van der Waals surface area contributed by atoms with E-state index in [1.54, 1.807) is 6.26 Å². The summed E-state index contributed by atoms with van der Waals surface area (Å²) < 4.78 is 5.40. The van der Waals surface area contributed by atoms with Crippen molar-refractivity contribution in [3.8, 4) is 0 Å². The fourth-order valence-electron chi connectivity index (χ4n) is 1.98. The van der Waals surface area contributed by atoms with E-state index >= 15 is 0 Å².